The van der Waals surface area contributed by atoms with Crippen LogP contribution in [0.25, 0.3) is 11.6 Å². The van der Waals surface area contributed by atoms with Crippen LogP contribution in [0.3, 0.4) is 0 Å². The number of fused-ring (bicyclic) bond motifs is 2. The summed E-state index contributed by atoms with van der Waals surface area (Å²) in [5.74, 6) is 1.27. The van der Waals surface area contributed by atoms with Crippen LogP contribution in [0, 0.1) is 19.8 Å². The highest BCUT2D eigenvalue weighted by Crippen LogP contribution is 2.39. The lowest BCUT2D eigenvalue weighted by Crippen LogP contribution is -2.13. The molecule has 0 saturated heterocycles. The van der Waals surface area contributed by atoms with Crippen LogP contribution in [0.15, 0.2) is 18.2 Å². The molecule has 1 amide bonds. The summed E-state index contributed by atoms with van der Waals surface area (Å²) in [5, 5.41) is 3.02. The fourth-order valence-corrected chi connectivity index (χ4v) is 4.52. The standard InChI is InChI=1S/C22H26N2O/c1-12(2)16-6-5-7-19-17(16)10-15(23-19)11-18-21-14(4)8-13(3)9-20(21)24-22(18)25/h8-12,16,23H,5-7H2,1-4H3,(H,24,25). The average Bonchev–Trinajstić information content (AvgIpc) is 3.07. The van der Waals surface area contributed by atoms with E-state index in [-0.39, 0.29) is 5.91 Å². The van der Waals surface area contributed by atoms with Crippen molar-refractivity contribution in [3.05, 3.63) is 51.8 Å². The minimum absolute atomic E-state index is 0.00307. The highest BCUT2D eigenvalue weighted by molar-refractivity contribution is 6.35. The van der Waals surface area contributed by atoms with Crippen LogP contribution in [0.1, 0.15) is 66.2 Å². The maximum Gasteiger partial charge on any atom is 0.256 e. The first-order valence-electron chi connectivity index (χ1n) is 9.30. The smallest absolute Gasteiger partial charge is 0.256 e. The van der Waals surface area contributed by atoms with Crippen molar-refractivity contribution in [1.29, 1.82) is 0 Å². The van der Waals surface area contributed by atoms with Gasteiger partial charge in [-0.05, 0) is 79.8 Å². The third kappa shape index (κ3) is 2.72. The molecule has 1 unspecified atom stereocenters. The van der Waals surface area contributed by atoms with Crippen LogP contribution in [-0.2, 0) is 11.2 Å². The molecule has 0 bridgehead atoms. The van der Waals surface area contributed by atoms with Crippen molar-refractivity contribution < 1.29 is 4.79 Å². The second-order valence-corrected chi connectivity index (χ2v) is 7.92. The molecule has 3 heteroatoms. The van der Waals surface area contributed by atoms with Crippen LogP contribution in [0.2, 0.25) is 0 Å². The van der Waals surface area contributed by atoms with Crippen molar-refractivity contribution in [3.8, 4) is 0 Å². The summed E-state index contributed by atoms with van der Waals surface area (Å²) >= 11 is 0. The molecule has 1 aliphatic carbocycles. The summed E-state index contributed by atoms with van der Waals surface area (Å²) in [5.41, 5.74) is 8.93. The third-order valence-electron chi connectivity index (χ3n) is 5.64. The first-order chi connectivity index (χ1) is 11.9. The summed E-state index contributed by atoms with van der Waals surface area (Å²) in [7, 11) is 0. The molecule has 0 radical (unpaired) electrons. The van der Waals surface area contributed by atoms with Gasteiger partial charge in [-0.1, -0.05) is 19.9 Å². The molecule has 1 aromatic carbocycles. The molecule has 1 aliphatic heterocycles. The maximum absolute atomic E-state index is 12.5. The molecule has 2 heterocycles. The Balaban J connectivity index is 1.77. The number of hydrogen-bond donors (Lipinski definition) is 2. The molecule has 0 fully saturated rings. The number of rotatable bonds is 2. The van der Waals surface area contributed by atoms with Crippen LogP contribution >= 0.6 is 0 Å². The number of H-pyrrole nitrogens is 1. The minimum atomic E-state index is -0.00307. The molecule has 4 rings (SSSR count). The van der Waals surface area contributed by atoms with Crippen LogP contribution in [0.5, 0.6) is 0 Å². The molecular formula is C22H26N2O. The predicted molar refractivity (Wildman–Crippen MR) is 104 cm³/mol. The molecule has 1 atom stereocenters. The van der Waals surface area contributed by atoms with E-state index in [1.807, 2.05) is 6.08 Å². The van der Waals surface area contributed by atoms with Gasteiger partial charge in [-0.25, -0.2) is 0 Å². The molecule has 2 N–H and O–H groups in total. The fraction of sp³-hybridized carbons (Fsp3) is 0.409. The van der Waals surface area contributed by atoms with E-state index in [9.17, 15) is 4.79 Å². The summed E-state index contributed by atoms with van der Waals surface area (Å²) in [4.78, 5) is 16.1. The Morgan fingerprint density at radius 3 is 2.76 bits per heavy atom. The summed E-state index contributed by atoms with van der Waals surface area (Å²) in [6.45, 7) is 8.75. The molecular weight excluding hydrogens is 308 g/mol. The molecule has 2 aliphatic rings. The average molecular weight is 334 g/mol. The maximum atomic E-state index is 12.5. The molecule has 25 heavy (non-hydrogen) atoms. The highest BCUT2D eigenvalue weighted by Gasteiger charge is 2.28. The molecule has 2 aromatic rings. The quantitative estimate of drug-likeness (QED) is 0.728. The minimum Gasteiger partial charge on any atom is -0.359 e. The number of carbonyl (C=O) groups is 1. The molecule has 3 nitrogen and oxygen atoms in total. The van der Waals surface area contributed by atoms with Crippen LogP contribution in [-0.4, -0.2) is 10.9 Å². The van der Waals surface area contributed by atoms with Gasteiger partial charge in [0, 0.05) is 22.6 Å². The topological polar surface area (TPSA) is 44.9 Å². The number of hydrogen-bond acceptors (Lipinski definition) is 1. The van der Waals surface area contributed by atoms with E-state index in [1.165, 1.54) is 29.7 Å². The Hall–Kier alpha value is -2.29. The summed E-state index contributed by atoms with van der Waals surface area (Å²) < 4.78 is 0. The van der Waals surface area contributed by atoms with Crippen molar-refractivity contribution in [2.24, 2.45) is 5.92 Å². The Morgan fingerprint density at radius 2 is 2.00 bits per heavy atom. The molecule has 0 spiro atoms. The van der Waals surface area contributed by atoms with Gasteiger partial charge >= 0.3 is 0 Å². The van der Waals surface area contributed by atoms with Gasteiger partial charge in [0.1, 0.15) is 0 Å². The number of anilines is 1. The van der Waals surface area contributed by atoms with Gasteiger partial charge in [0.15, 0.2) is 0 Å². The Morgan fingerprint density at radius 1 is 1.20 bits per heavy atom. The van der Waals surface area contributed by atoms with Gasteiger partial charge in [-0.3, -0.25) is 4.79 Å². The number of amides is 1. The lowest BCUT2D eigenvalue weighted by atomic mass is 9.80. The van der Waals surface area contributed by atoms with Crippen molar-refractivity contribution in [2.75, 3.05) is 5.32 Å². The Bertz CT molecular complexity index is 886. The van der Waals surface area contributed by atoms with Gasteiger partial charge in [0.05, 0.1) is 5.57 Å². The first kappa shape index (κ1) is 16.2. The zero-order valence-electron chi connectivity index (χ0n) is 15.5. The van der Waals surface area contributed by atoms with Gasteiger partial charge in [-0.15, -0.1) is 0 Å². The Kier molecular flexibility index (Phi) is 3.82. The molecule has 1 aromatic heterocycles. The zero-order valence-corrected chi connectivity index (χ0v) is 15.5. The van der Waals surface area contributed by atoms with E-state index >= 15 is 0 Å². The molecule has 130 valence electrons. The van der Waals surface area contributed by atoms with E-state index in [0.29, 0.717) is 11.8 Å². The van der Waals surface area contributed by atoms with Gasteiger partial charge in [0.25, 0.3) is 5.91 Å². The van der Waals surface area contributed by atoms with Gasteiger partial charge in [0.2, 0.25) is 0 Å². The first-order valence-corrected chi connectivity index (χ1v) is 9.30. The second kappa shape index (κ2) is 5.91. The zero-order chi connectivity index (χ0) is 17.7. The second-order valence-electron chi connectivity index (χ2n) is 7.92. The summed E-state index contributed by atoms with van der Waals surface area (Å²) in [6.07, 6.45) is 5.65. The predicted octanol–water partition coefficient (Wildman–Crippen LogP) is 5.20. The van der Waals surface area contributed by atoms with Gasteiger partial charge in [-0.2, -0.15) is 0 Å². The normalized spacial score (nSPS) is 20.8. The van der Waals surface area contributed by atoms with Crippen molar-refractivity contribution >= 4 is 23.2 Å². The van der Waals surface area contributed by atoms with E-state index in [2.05, 4.69) is 56.2 Å². The number of aromatic nitrogens is 1. The summed E-state index contributed by atoms with van der Waals surface area (Å²) in [6, 6.07) is 6.46. The number of benzene rings is 1. The van der Waals surface area contributed by atoms with Crippen LogP contribution < -0.4 is 5.32 Å². The number of nitrogens with one attached hydrogen (secondary N) is 2. The van der Waals surface area contributed by atoms with E-state index < -0.39 is 0 Å². The lowest BCUT2D eigenvalue weighted by molar-refractivity contribution is -0.110. The van der Waals surface area contributed by atoms with E-state index in [1.54, 1.807) is 0 Å². The largest absolute Gasteiger partial charge is 0.359 e. The van der Waals surface area contributed by atoms with Gasteiger partial charge < -0.3 is 10.3 Å². The number of aromatic amines is 1. The Labute approximate surface area is 149 Å². The van der Waals surface area contributed by atoms with E-state index in [4.69, 9.17) is 0 Å². The van der Waals surface area contributed by atoms with Crippen molar-refractivity contribution in [3.63, 3.8) is 0 Å². The fourth-order valence-electron chi connectivity index (χ4n) is 4.52. The lowest BCUT2D eigenvalue weighted by Gasteiger charge is -2.25. The van der Waals surface area contributed by atoms with Crippen LogP contribution in [0.4, 0.5) is 5.69 Å². The van der Waals surface area contributed by atoms with E-state index in [0.717, 1.165) is 34.5 Å². The van der Waals surface area contributed by atoms with Crippen molar-refractivity contribution in [1.82, 2.24) is 4.98 Å². The number of aryl methyl sites for hydroxylation is 3. The SMILES string of the molecule is Cc1cc(C)c2c(c1)NC(=O)C2=Cc1cc2c([nH]1)CCCC2C(C)C. The highest BCUT2D eigenvalue weighted by atomic mass is 16.2. The monoisotopic (exact) mass is 334 g/mol. The number of carbonyl (C=O) groups excluding carboxylic acids is 1. The molecule has 0 saturated carbocycles. The third-order valence-corrected chi connectivity index (χ3v) is 5.64. The van der Waals surface area contributed by atoms with Crippen molar-refractivity contribution in [2.45, 2.75) is 52.9 Å².